The minimum absolute atomic E-state index is 0.184. The van der Waals surface area contributed by atoms with E-state index in [1.807, 2.05) is 42.5 Å². The Balaban J connectivity index is 1.47. The number of amides is 2. The molecule has 0 saturated carbocycles. The average molecular weight is 621 g/mol. The fourth-order valence-corrected chi connectivity index (χ4v) is 5.64. The van der Waals surface area contributed by atoms with Crippen LogP contribution in [0.5, 0.6) is 17.2 Å². The molecule has 2 heterocycles. The lowest BCUT2D eigenvalue weighted by Crippen LogP contribution is -2.46. The molecule has 2 aliphatic rings. The number of ether oxygens (including phenoxy) is 4. The lowest BCUT2D eigenvalue weighted by Gasteiger charge is -2.31. The molecule has 3 aromatic rings. The van der Waals surface area contributed by atoms with E-state index in [2.05, 4.69) is 4.90 Å². The van der Waals surface area contributed by atoms with Crippen LogP contribution < -0.4 is 14.2 Å². The SMILES string of the molecule is COc1ccc(C2=NN(C(=O)CN(CCN3CCOCC3)C(=O)c3ccccc3Cl)[C@H](c3cc(OC)ccc3OC)C2)cc1. The lowest BCUT2D eigenvalue weighted by molar-refractivity contribution is -0.133. The number of hydrogen-bond donors (Lipinski definition) is 0. The van der Waals surface area contributed by atoms with Gasteiger partial charge in [0, 0.05) is 38.2 Å². The second-order valence-electron chi connectivity index (χ2n) is 10.5. The molecule has 0 aromatic heterocycles. The van der Waals surface area contributed by atoms with Crippen molar-refractivity contribution in [1.29, 1.82) is 0 Å². The van der Waals surface area contributed by atoms with E-state index in [9.17, 15) is 9.59 Å². The highest BCUT2D eigenvalue weighted by Gasteiger charge is 2.36. The first-order valence-corrected chi connectivity index (χ1v) is 14.9. The Morgan fingerprint density at radius 3 is 2.34 bits per heavy atom. The second-order valence-corrected chi connectivity index (χ2v) is 10.9. The van der Waals surface area contributed by atoms with Crippen LogP contribution in [0.15, 0.2) is 71.8 Å². The van der Waals surface area contributed by atoms with Crippen molar-refractivity contribution in [2.24, 2.45) is 5.10 Å². The van der Waals surface area contributed by atoms with E-state index < -0.39 is 6.04 Å². The molecule has 5 rings (SSSR count). The Kier molecular flexibility index (Phi) is 10.4. The maximum atomic E-state index is 14.2. The van der Waals surface area contributed by atoms with Crippen molar-refractivity contribution in [3.8, 4) is 17.2 Å². The summed E-state index contributed by atoms with van der Waals surface area (Å²) in [4.78, 5) is 31.8. The summed E-state index contributed by atoms with van der Waals surface area (Å²) >= 11 is 6.42. The van der Waals surface area contributed by atoms with Crippen molar-refractivity contribution in [3.05, 3.63) is 88.4 Å². The molecule has 1 atom stereocenters. The molecule has 0 radical (unpaired) electrons. The van der Waals surface area contributed by atoms with Gasteiger partial charge in [0.15, 0.2) is 0 Å². The normalized spacial score (nSPS) is 16.8. The van der Waals surface area contributed by atoms with Crippen LogP contribution >= 0.6 is 11.6 Å². The van der Waals surface area contributed by atoms with Crippen LogP contribution in [0, 0.1) is 0 Å². The summed E-state index contributed by atoms with van der Waals surface area (Å²) in [5.41, 5.74) is 2.70. The van der Waals surface area contributed by atoms with Crippen LogP contribution in [0.3, 0.4) is 0 Å². The predicted octanol–water partition coefficient (Wildman–Crippen LogP) is 4.52. The number of methoxy groups -OCH3 is 3. The summed E-state index contributed by atoms with van der Waals surface area (Å²) in [7, 11) is 4.80. The van der Waals surface area contributed by atoms with Gasteiger partial charge in [-0.15, -0.1) is 0 Å². The summed E-state index contributed by atoms with van der Waals surface area (Å²) in [5, 5.41) is 6.63. The number of halogens is 1. The van der Waals surface area contributed by atoms with Crippen molar-refractivity contribution in [2.75, 3.05) is 67.3 Å². The van der Waals surface area contributed by atoms with E-state index in [1.54, 1.807) is 50.5 Å². The monoisotopic (exact) mass is 620 g/mol. The van der Waals surface area contributed by atoms with Crippen LogP contribution in [0.4, 0.5) is 0 Å². The molecule has 0 bridgehead atoms. The van der Waals surface area contributed by atoms with Crippen LogP contribution in [0.1, 0.15) is 33.9 Å². The van der Waals surface area contributed by atoms with E-state index in [0.717, 1.165) is 35.7 Å². The van der Waals surface area contributed by atoms with Crippen molar-refractivity contribution in [2.45, 2.75) is 12.5 Å². The van der Waals surface area contributed by atoms with Crippen LogP contribution in [0.25, 0.3) is 0 Å². The summed E-state index contributed by atoms with van der Waals surface area (Å²) in [6, 6.07) is 19.4. The number of carbonyl (C=O) groups is 2. The third-order valence-corrected chi connectivity index (χ3v) is 8.22. The van der Waals surface area contributed by atoms with Crippen LogP contribution in [-0.2, 0) is 9.53 Å². The number of benzene rings is 3. The highest BCUT2D eigenvalue weighted by molar-refractivity contribution is 6.33. The first-order chi connectivity index (χ1) is 21.4. The molecule has 0 spiro atoms. The van der Waals surface area contributed by atoms with Gasteiger partial charge < -0.3 is 23.8 Å². The molecular formula is C33H37ClN4O6. The van der Waals surface area contributed by atoms with Gasteiger partial charge in [0.25, 0.3) is 11.8 Å². The quantitative estimate of drug-likeness (QED) is 0.311. The standard InChI is InChI=1S/C33H37ClN4O6/c1-41-24-10-8-23(9-11-24)29-21-30(27-20-25(42-2)12-13-31(27)43-3)38(35-29)32(39)22-37(15-14-36-16-18-44-19-17-36)33(40)26-6-4-5-7-28(26)34/h4-13,20,30H,14-19,21-22H2,1-3H3/t30-/m0/s1. The number of morpholine rings is 1. The topological polar surface area (TPSA) is 93.1 Å². The Morgan fingerprint density at radius 1 is 0.955 bits per heavy atom. The summed E-state index contributed by atoms with van der Waals surface area (Å²) in [6.07, 6.45) is 0.438. The van der Waals surface area contributed by atoms with E-state index in [1.165, 1.54) is 5.01 Å². The third kappa shape index (κ3) is 7.15. The van der Waals surface area contributed by atoms with Crippen molar-refractivity contribution in [1.82, 2.24) is 14.8 Å². The zero-order valence-corrected chi connectivity index (χ0v) is 26.0. The molecule has 3 aromatic carbocycles. The Hall–Kier alpha value is -4.12. The number of nitrogens with zero attached hydrogens (tertiary/aromatic N) is 4. The van der Waals surface area contributed by atoms with Gasteiger partial charge in [0.05, 0.1) is 56.9 Å². The number of hydrogen-bond acceptors (Lipinski definition) is 8. The third-order valence-electron chi connectivity index (χ3n) is 7.89. The van der Waals surface area contributed by atoms with Crippen molar-refractivity contribution >= 4 is 29.1 Å². The molecule has 2 amide bonds. The van der Waals surface area contributed by atoms with Crippen molar-refractivity contribution < 1.29 is 28.5 Å². The minimum atomic E-state index is -0.485. The van der Waals surface area contributed by atoms with Gasteiger partial charge in [-0.1, -0.05) is 23.7 Å². The second kappa shape index (κ2) is 14.6. The van der Waals surface area contributed by atoms with Gasteiger partial charge >= 0.3 is 0 Å². The van der Waals surface area contributed by atoms with Gasteiger partial charge in [-0.2, -0.15) is 5.10 Å². The highest BCUT2D eigenvalue weighted by Crippen LogP contribution is 2.39. The number of rotatable bonds is 11. The van der Waals surface area contributed by atoms with Crippen LogP contribution in [0.2, 0.25) is 5.02 Å². The lowest BCUT2D eigenvalue weighted by atomic mass is 9.97. The number of hydrazone groups is 1. The molecule has 0 unspecified atom stereocenters. The maximum Gasteiger partial charge on any atom is 0.262 e. The van der Waals surface area contributed by atoms with Gasteiger partial charge in [0.1, 0.15) is 23.8 Å². The molecule has 1 fully saturated rings. The maximum absolute atomic E-state index is 14.2. The van der Waals surface area contributed by atoms with E-state index >= 15 is 0 Å². The van der Waals surface area contributed by atoms with E-state index in [0.29, 0.717) is 54.8 Å². The molecule has 44 heavy (non-hydrogen) atoms. The predicted molar refractivity (Wildman–Crippen MR) is 168 cm³/mol. The fourth-order valence-electron chi connectivity index (χ4n) is 5.42. The highest BCUT2D eigenvalue weighted by atomic mass is 35.5. The molecule has 10 nitrogen and oxygen atoms in total. The summed E-state index contributed by atoms with van der Waals surface area (Å²) < 4.78 is 22.0. The van der Waals surface area contributed by atoms with E-state index in [4.69, 9.17) is 35.6 Å². The van der Waals surface area contributed by atoms with Gasteiger partial charge in [-0.3, -0.25) is 14.5 Å². The molecule has 2 aliphatic heterocycles. The fraction of sp³-hybridized carbons (Fsp3) is 0.364. The first kappa shape index (κ1) is 31.3. The Labute approximate surface area is 262 Å². The largest absolute Gasteiger partial charge is 0.497 e. The molecule has 0 aliphatic carbocycles. The van der Waals surface area contributed by atoms with Gasteiger partial charge in [-0.05, 0) is 60.2 Å². The molecule has 232 valence electrons. The zero-order chi connectivity index (χ0) is 31.1. The molecular weight excluding hydrogens is 584 g/mol. The number of carbonyl (C=O) groups excluding carboxylic acids is 2. The van der Waals surface area contributed by atoms with Gasteiger partial charge in [-0.25, -0.2) is 5.01 Å². The summed E-state index contributed by atoms with van der Waals surface area (Å²) in [5.74, 6) is 1.32. The first-order valence-electron chi connectivity index (χ1n) is 14.5. The average Bonchev–Trinajstić information content (AvgIpc) is 3.52. The molecule has 11 heteroatoms. The molecule has 1 saturated heterocycles. The van der Waals surface area contributed by atoms with Crippen LogP contribution in [-0.4, -0.2) is 99.6 Å². The van der Waals surface area contributed by atoms with E-state index in [-0.39, 0.29) is 18.4 Å². The minimum Gasteiger partial charge on any atom is -0.497 e. The van der Waals surface area contributed by atoms with Crippen molar-refractivity contribution in [3.63, 3.8) is 0 Å². The Bertz CT molecular complexity index is 1490. The smallest absolute Gasteiger partial charge is 0.262 e. The summed E-state index contributed by atoms with van der Waals surface area (Å²) in [6.45, 7) is 3.56. The molecule has 0 N–H and O–H groups in total. The zero-order valence-electron chi connectivity index (χ0n) is 25.2. The Morgan fingerprint density at radius 2 is 1.66 bits per heavy atom. The van der Waals surface area contributed by atoms with Gasteiger partial charge in [0.2, 0.25) is 0 Å².